The van der Waals surface area contributed by atoms with E-state index in [-0.39, 0.29) is 12.4 Å². The zero-order valence-corrected chi connectivity index (χ0v) is 14.8. The van der Waals surface area contributed by atoms with Crippen molar-refractivity contribution < 1.29 is 9.90 Å². The topological polar surface area (TPSA) is 55.1 Å². The summed E-state index contributed by atoms with van der Waals surface area (Å²) >= 11 is 3.44. The Bertz CT molecular complexity index is 872. The summed E-state index contributed by atoms with van der Waals surface area (Å²) in [4.78, 5) is 17.4. The number of hydrogen-bond donors (Lipinski definition) is 1. The van der Waals surface area contributed by atoms with Gasteiger partial charge in [-0.3, -0.25) is 4.79 Å². The first-order valence-electron chi connectivity index (χ1n) is 7.71. The first kappa shape index (κ1) is 16.6. The maximum absolute atomic E-state index is 13.0. The van der Waals surface area contributed by atoms with Crippen molar-refractivity contribution in [2.75, 3.05) is 0 Å². The minimum absolute atomic E-state index is 0.0671. The van der Waals surface area contributed by atoms with E-state index in [4.69, 9.17) is 0 Å². The highest BCUT2D eigenvalue weighted by Gasteiger charge is 2.18. The number of carbonyl (C=O) groups excluding carboxylic acids is 1. The summed E-state index contributed by atoms with van der Waals surface area (Å²) in [7, 11) is 0. The molecule has 0 bridgehead atoms. The number of carbonyl (C=O) groups is 1. The number of aromatic nitrogens is 2. The van der Waals surface area contributed by atoms with Gasteiger partial charge in [0.15, 0.2) is 5.78 Å². The molecule has 0 spiro atoms. The molecule has 1 heterocycles. The van der Waals surface area contributed by atoms with E-state index in [1.165, 1.54) is 0 Å². The van der Waals surface area contributed by atoms with Gasteiger partial charge in [-0.25, -0.2) is 4.98 Å². The SMILES string of the molecule is CCc1cn(-c2ccc(Br)cc2C(=O)c2ccccc2)c(CO)n1. The van der Waals surface area contributed by atoms with Crippen LogP contribution >= 0.6 is 15.9 Å². The van der Waals surface area contributed by atoms with Gasteiger partial charge >= 0.3 is 0 Å². The van der Waals surface area contributed by atoms with E-state index < -0.39 is 0 Å². The molecule has 1 aromatic heterocycles. The van der Waals surface area contributed by atoms with Crippen molar-refractivity contribution in [3.05, 3.63) is 81.8 Å². The third-order valence-corrected chi connectivity index (χ3v) is 4.32. The number of ketones is 1. The van der Waals surface area contributed by atoms with E-state index in [1.54, 1.807) is 22.8 Å². The van der Waals surface area contributed by atoms with Gasteiger partial charge in [0.05, 0.1) is 11.4 Å². The van der Waals surface area contributed by atoms with Gasteiger partial charge in [-0.05, 0) is 24.6 Å². The zero-order chi connectivity index (χ0) is 17.1. The lowest BCUT2D eigenvalue weighted by Gasteiger charge is -2.12. The molecule has 3 aromatic rings. The van der Waals surface area contributed by atoms with Crippen LogP contribution < -0.4 is 0 Å². The molecule has 0 aliphatic carbocycles. The van der Waals surface area contributed by atoms with Crippen LogP contribution in [0.3, 0.4) is 0 Å². The Balaban J connectivity index is 2.16. The molecule has 0 aliphatic heterocycles. The second kappa shape index (κ2) is 7.11. The van der Waals surface area contributed by atoms with E-state index in [0.717, 1.165) is 16.6 Å². The Morgan fingerprint density at radius 1 is 1.21 bits per heavy atom. The third-order valence-electron chi connectivity index (χ3n) is 3.83. The molecular formula is C19H17BrN2O2. The first-order valence-corrected chi connectivity index (χ1v) is 8.51. The van der Waals surface area contributed by atoms with Crippen LogP contribution in [0.25, 0.3) is 5.69 Å². The van der Waals surface area contributed by atoms with Gasteiger partial charge in [-0.2, -0.15) is 0 Å². The molecule has 3 rings (SSSR count). The molecule has 0 unspecified atom stereocenters. The highest BCUT2D eigenvalue weighted by Crippen LogP contribution is 2.25. The maximum atomic E-state index is 13.0. The van der Waals surface area contributed by atoms with Gasteiger partial charge in [-0.1, -0.05) is 53.2 Å². The number of hydrogen-bond acceptors (Lipinski definition) is 3. The second-order valence-electron chi connectivity index (χ2n) is 5.39. The van der Waals surface area contributed by atoms with Gasteiger partial charge in [0.1, 0.15) is 12.4 Å². The molecular weight excluding hydrogens is 368 g/mol. The lowest BCUT2D eigenvalue weighted by atomic mass is 10.0. The fourth-order valence-corrected chi connectivity index (χ4v) is 2.97. The van der Waals surface area contributed by atoms with Crippen LogP contribution in [0.2, 0.25) is 0 Å². The quantitative estimate of drug-likeness (QED) is 0.678. The van der Waals surface area contributed by atoms with Crippen molar-refractivity contribution in [3.63, 3.8) is 0 Å². The Morgan fingerprint density at radius 2 is 1.96 bits per heavy atom. The number of rotatable bonds is 5. The van der Waals surface area contributed by atoms with Crippen LogP contribution in [0.1, 0.15) is 34.4 Å². The predicted octanol–water partition coefficient (Wildman–Crippen LogP) is 3.92. The minimum Gasteiger partial charge on any atom is -0.388 e. The van der Waals surface area contributed by atoms with Crippen molar-refractivity contribution >= 4 is 21.7 Å². The molecule has 0 fully saturated rings. The predicted molar refractivity (Wildman–Crippen MR) is 96.4 cm³/mol. The fourth-order valence-electron chi connectivity index (χ4n) is 2.61. The number of nitrogens with zero attached hydrogens (tertiary/aromatic N) is 2. The average Bonchev–Trinajstić information content (AvgIpc) is 3.05. The molecule has 5 heteroatoms. The van der Waals surface area contributed by atoms with Crippen molar-refractivity contribution in [1.29, 1.82) is 0 Å². The fraction of sp³-hybridized carbons (Fsp3) is 0.158. The number of aryl methyl sites for hydroxylation is 1. The molecule has 122 valence electrons. The minimum atomic E-state index is -0.185. The van der Waals surface area contributed by atoms with Crippen molar-refractivity contribution in [2.24, 2.45) is 0 Å². The Morgan fingerprint density at radius 3 is 2.62 bits per heavy atom. The van der Waals surface area contributed by atoms with Crippen LogP contribution in [0, 0.1) is 0 Å². The monoisotopic (exact) mass is 384 g/mol. The van der Waals surface area contributed by atoms with Crippen LogP contribution in [0.5, 0.6) is 0 Å². The number of halogens is 1. The molecule has 0 radical (unpaired) electrons. The Kier molecular flexibility index (Phi) is 4.92. The van der Waals surface area contributed by atoms with E-state index in [0.29, 0.717) is 22.6 Å². The molecule has 0 saturated carbocycles. The smallest absolute Gasteiger partial charge is 0.195 e. The number of benzene rings is 2. The molecule has 0 atom stereocenters. The van der Waals surface area contributed by atoms with Gasteiger partial charge in [0, 0.05) is 21.8 Å². The number of aliphatic hydroxyl groups is 1. The van der Waals surface area contributed by atoms with E-state index >= 15 is 0 Å². The average molecular weight is 385 g/mol. The summed E-state index contributed by atoms with van der Waals surface area (Å²) in [6, 6.07) is 14.7. The molecule has 4 nitrogen and oxygen atoms in total. The largest absolute Gasteiger partial charge is 0.388 e. The molecule has 1 N–H and O–H groups in total. The van der Waals surface area contributed by atoms with E-state index in [1.807, 2.05) is 43.5 Å². The lowest BCUT2D eigenvalue weighted by molar-refractivity contribution is 0.103. The molecule has 0 aliphatic rings. The Labute approximate surface area is 148 Å². The zero-order valence-electron chi connectivity index (χ0n) is 13.2. The molecule has 0 saturated heterocycles. The molecule has 2 aromatic carbocycles. The number of aliphatic hydroxyl groups excluding tert-OH is 1. The van der Waals surface area contributed by atoms with Crippen LogP contribution in [0.15, 0.2) is 59.2 Å². The normalized spacial score (nSPS) is 10.8. The summed E-state index contributed by atoms with van der Waals surface area (Å²) in [5.74, 6) is 0.457. The maximum Gasteiger partial charge on any atom is 0.195 e. The summed E-state index contributed by atoms with van der Waals surface area (Å²) < 4.78 is 2.62. The first-order chi connectivity index (χ1) is 11.6. The van der Waals surface area contributed by atoms with Crippen molar-refractivity contribution in [3.8, 4) is 5.69 Å². The highest BCUT2D eigenvalue weighted by atomic mass is 79.9. The summed E-state index contributed by atoms with van der Waals surface area (Å²) in [5.41, 5.74) is 2.77. The van der Waals surface area contributed by atoms with Gasteiger partial charge < -0.3 is 9.67 Å². The van der Waals surface area contributed by atoms with Crippen molar-refractivity contribution in [1.82, 2.24) is 9.55 Å². The summed E-state index contributed by atoms with van der Waals surface area (Å²) in [5, 5.41) is 9.61. The molecule has 24 heavy (non-hydrogen) atoms. The van der Waals surface area contributed by atoms with Gasteiger partial charge in [0.25, 0.3) is 0 Å². The summed E-state index contributed by atoms with van der Waals surface area (Å²) in [6.07, 6.45) is 2.63. The third kappa shape index (κ3) is 3.18. The van der Waals surface area contributed by atoms with Gasteiger partial charge in [0.2, 0.25) is 0 Å². The van der Waals surface area contributed by atoms with Crippen molar-refractivity contribution in [2.45, 2.75) is 20.0 Å². The highest BCUT2D eigenvalue weighted by molar-refractivity contribution is 9.10. The Hall–Kier alpha value is -2.24. The van der Waals surface area contributed by atoms with Crippen LogP contribution in [-0.2, 0) is 13.0 Å². The van der Waals surface area contributed by atoms with E-state index in [2.05, 4.69) is 20.9 Å². The van der Waals surface area contributed by atoms with Gasteiger partial charge in [-0.15, -0.1) is 0 Å². The van der Waals surface area contributed by atoms with Crippen LogP contribution in [0.4, 0.5) is 0 Å². The van der Waals surface area contributed by atoms with Crippen LogP contribution in [-0.4, -0.2) is 20.4 Å². The lowest BCUT2D eigenvalue weighted by Crippen LogP contribution is -2.09. The standard InChI is InChI=1S/C19H17BrN2O2/c1-2-15-11-22(18(12-23)21-15)17-9-8-14(20)10-16(17)19(24)13-6-4-3-5-7-13/h3-11,23H,2,12H2,1H3. The van der Waals surface area contributed by atoms with E-state index in [9.17, 15) is 9.90 Å². The molecule has 0 amide bonds. The number of imidazole rings is 1. The summed E-state index contributed by atoms with van der Waals surface area (Å²) in [6.45, 7) is 1.82. The second-order valence-corrected chi connectivity index (χ2v) is 6.30.